The van der Waals surface area contributed by atoms with Crippen LogP contribution in [0.3, 0.4) is 0 Å². The Morgan fingerprint density at radius 1 is 1.14 bits per heavy atom. The van der Waals surface area contributed by atoms with Gasteiger partial charge in [-0.15, -0.1) is 0 Å². The third kappa shape index (κ3) is 4.58. The van der Waals surface area contributed by atoms with E-state index in [2.05, 4.69) is 16.4 Å². The molecule has 0 saturated heterocycles. The summed E-state index contributed by atoms with van der Waals surface area (Å²) in [4.78, 5) is 17.5. The van der Waals surface area contributed by atoms with Crippen LogP contribution in [0.4, 0.5) is 0 Å². The number of pyridine rings is 1. The molecule has 146 valence electrons. The largest absolute Gasteiger partial charge is 0.395 e. The Bertz CT molecular complexity index is 1030. The number of nitrogens with zero attached hydrogens (tertiary/aromatic N) is 1. The maximum Gasteiger partial charge on any atom is 0.253 e. The first-order valence-corrected chi connectivity index (χ1v) is 9.70. The van der Waals surface area contributed by atoms with Gasteiger partial charge in [0, 0.05) is 24.0 Å². The van der Waals surface area contributed by atoms with Crippen LogP contribution in [0.1, 0.15) is 22.3 Å². The molecule has 0 radical (unpaired) electrons. The summed E-state index contributed by atoms with van der Waals surface area (Å²) in [6.07, 6.45) is 0. The van der Waals surface area contributed by atoms with E-state index in [0.717, 1.165) is 27.6 Å². The first-order chi connectivity index (χ1) is 13.5. The zero-order chi connectivity index (χ0) is 20.1. The average molecular weight is 396 g/mol. The summed E-state index contributed by atoms with van der Waals surface area (Å²) in [6.45, 7) is 5.25. The quantitative estimate of drug-likeness (QED) is 0.560. The molecule has 5 nitrogen and oxygen atoms in total. The summed E-state index contributed by atoms with van der Waals surface area (Å²) in [5, 5.41) is 14.2. The number of aryl methyl sites for hydroxylation is 2. The number of rotatable bonds is 6. The summed E-state index contributed by atoms with van der Waals surface area (Å²) < 4.78 is 0. The van der Waals surface area contributed by atoms with Crippen LogP contribution in [0.2, 0.25) is 0 Å². The smallest absolute Gasteiger partial charge is 0.253 e. The van der Waals surface area contributed by atoms with Crippen molar-refractivity contribution >= 4 is 28.2 Å². The molecule has 1 aromatic heterocycles. The van der Waals surface area contributed by atoms with Crippen molar-refractivity contribution < 1.29 is 5.11 Å². The molecule has 0 unspecified atom stereocenters. The van der Waals surface area contributed by atoms with E-state index in [9.17, 15) is 9.90 Å². The molecule has 0 bridgehead atoms. The fourth-order valence-corrected chi connectivity index (χ4v) is 3.43. The van der Waals surface area contributed by atoms with E-state index in [1.807, 2.05) is 61.2 Å². The first kappa shape index (κ1) is 20.0. The maximum absolute atomic E-state index is 12.6. The lowest BCUT2D eigenvalue weighted by molar-refractivity contribution is 0.245. The molecule has 3 aromatic rings. The third-order valence-electron chi connectivity index (χ3n) is 4.83. The van der Waals surface area contributed by atoms with Gasteiger partial charge in [0.05, 0.1) is 18.7 Å². The number of hydrogen-bond acceptors (Lipinski definition) is 3. The van der Waals surface area contributed by atoms with E-state index in [4.69, 9.17) is 12.2 Å². The molecule has 0 saturated carbocycles. The fraction of sp³-hybridized carbons (Fsp3) is 0.273. The van der Waals surface area contributed by atoms with Gasteiger partial charge in [0.15, 0.2) is 5.11 Å². The number of nitrogens with one attached hydrogen (secondary N) is 2. The van der Waals surface area contributed by atoms with Crippen molar-refractivity contribution in [2.75, 3.05) is 13.2 Å². The lowest BCUT2D eigenvalue weighted by Crippen LogP contribution is -2.41. The number of aliphatic hydroxyl groups is 1. The van der Waals surface area contributed by atoms with Crippen LogP contribution in [0.25, 0.3) is 10.9 Å². The predicted octanol–water partition coefficient (Wildman–Crippen LogP) is 3.01. The highest BCUT2D eigenvalue weighted by Crippen LogP contribution is 2.20. The second-order valence-corrected chi connectivity index (χ2v) is 7.29. The van der Waals surface area contributed by atoms with Crippen LogP contribution < -0.4 is 10.9 Å². The van der Waals surface area contributed by atoms with Crippen molar-refractivity contribution in [3.8, 4) is 0 Å². The molecule has 1 heterocycles. The molecule has 3 N–H and O–H groups in total. The van der Waals surface area contributed by atoms with Crippen LogP contribution in [0.5, 0.6) is 0 Å². The second kappa shape index (κ2) is 8.99. The minimum atomic E-state index is -0.130. The molecule has 3 rings (SSSR count). The van der Waals surface area contributed by atoms with Gasteiger partial charge < -0.3 is 20.3 Å². The Hall–Kier alpha value is -2.70. The van der Waals surface area contributed by atoms with Gasteiger partial charge >= 0.3 is 0 Å². The highest BCUT2D eigenvalue weighted by Gasteiger charge is 2.14. The topological polar surface area (TPSA) is 68.4 Å². The van der Waals surface area contributed by atoms with Crippen LogP contribution in [-0.2, 0) is 13.1 Å². The molecule has 0 spiro atoms. The van der Waals surface area contributed by atoms with E-state index >= 15 is 0 Å². The predicted molar refractivity (Wildman–Crippen MR) is 117 cm³/mol. The van der Waals surface area contributed by atoms with Crippen molar-refractivity contribution in [3.05, 3.63) is 81.1 Å². The third-order valence-corrected chi connectivity index (χ3v) is 5.23. The number of aliphatic hydroxyl groups excluding tert-OH is 1. The Kier molecular flexibility index (Phi) is 6.44. The molecule has 0 atom stereocenters. The molecular formula is C22H25N3O2S. The summed E-state index contributed by atoms with van der Waals surface area (Å²) in [5.74, 6) is 0. The van der Waals surface area contributed by atoms with E-state index in [0.29, 0.717) is 30.3 Å². The molecule has 28 heavy (non-hydrogen) atoms. The zero-order valence-corrected chi connectivity index (χ0v) is 17.0. The molecule has 0 amide bonds. The average Bonchev–Trinajstić information content (AvgIpc) is 2.70. The normalized spacial score (nSPS) is 10.8. The number of thiocarbonyl (C=S) groups is 1. The minimum Gasteiger partial charge on any atom is -0.395 e. The molecular weight excluding hydrogens is 370 g/mol. The Morgan fingerprint density at radius 2 is 1.86 bits per heavy atom. The lowest BCUT2D eigenvalue weighted by Gasteiger charge is -2.25. The number of aromatic nitrogens is 1. The first-order valence-electron chi connectivity index (χ1n) is 9.29. The molecule has 2 aromatic carbocycles. The van der Waals surface area contributed by atoms with E-state index in [1.54, 1.807) is 0 Å². The Balaban J connectivity index is 1.81. The molecule has 6 heteroatoms. The van der Waals surface area contributed by atoms with E-state index < -0.39 is 0 Å². The summed E-state index contributed by atoms with van der Waals surface area (Å²) in [6, 6.07) is 16.0. The van der Waals surface area contributed by atoms with Crippen molar-refractivity contribution in [2.45, 2.75) is 26.9 Å². The second-order valence-electron chi connectivity index (χ2n) is 6.90. The van der Waals surface area contributed by atoms with Gasteiger partial charge in [0.25, 0.3) is 5.56 Å². The Labute approximate surface area is 170 Å². The van der Waals surface area contributed by atoms with Crippen LogP contribution in [0.15, 0.2) is 53.3 Å². The van der Waals surface area contributed by atoms with E-state index in [-0.39, 0.29) is 12.2 Å². The monoisotopic (exact) mass is 395 g/mol. The highest BCUT2D eigenvalue weighted by atomic mass is 32.1. The lowest BCUT2D eigenvalue weighted by atomic mass is 10.0. The number of hydrogen-bond donors (Lipinski definition) is 3. The standard InChI is InChI=1S/C22H25N3O2S/c1-15-8-9-16(2)20-19(15)12-18(21(27)24-20)14-25(10-11-26)22(28)23-13-17-6-4-3-5-7-17/h3-9,12,26H,10-11,13-14H2,1-2H3,(H,23,28)(H,24,27). The van der Waals surface area contributed by atoms with Gasteiger partial charge in [-0.2, -0.15) is 0 Å². The van der Waals surface area contributed by atoms with Gasteiger partial charge in [-0.25, -0.2) is 0 Å². The highest BCUT2D eigenvalue weighted by molar-refractivity contribution is 7.80. The summed E-state index contributed by atoms with van der Waals surface area (Å²) in [7, 11) is 0. The number of fused-ring (bicyclic) bond motifs is 1. The van der Waals surface area contributed by atoms with Crippen molar-refractivity contribution in [3.63, 3.8) is 0 Å². The zero-order valence-electron chi connectivity index (χ0n) is 16.2. The molecule has 0 aliphatic rings. The van der Waals surface area contributed by atoms with Crippen LogP contribution >= 0.6 is 12.2 Å². The van der Waals surface area contributed by atoms with Crippen LogP contribution in [-0.4, -0.2) is 33.3 Å². The van der Waals surface area contributed by atoms with Gasteiger partial charge in [-0.1, -0.05) is 42.5 Å². The molecule has 0 fully saturated rings. The maximum atomic E-state index is 12.6. The van der Waals surface area contributed by atoms with Gasteiger partial charge in [0.2, 0.25) is 0 Å². The fourth-order valence-electron chi connectivity index (χ4n) is 3.20. The van der Waals surface area contributed by atoms with Crippen molar-refractivity contribution in [2.24, 2.45) is 0 Å². The van der Waals surface area contributed by atoms with Gasteiger partial charge in [0.1, 0.15) is 0 Å². The Morgan fingerprint density at radius 3 is 2.57 bits per heavy atom. The summed E-state index contributed by atoms with van der Waals surface area (Å²) in [5.41, 5.74) is 4.62. The molecule has 0 aliphatic heterocycles. The van der Waals surface area contributed by atoms with Crippen molar-refractivity contribution in [1.29, 1.82) is 0 Å². The summed E-state index contributed by atoms with van der Waals surface area (Å²) >= 11 is 5.52. The minimum absolute atomic E-state index is 0.0449. The van der Waals surface area contributed by atoms with Gasteiger partial charge in [-0.3, -0.25) is 4.79 Å². The van der Waals surface area contributed by atoms with Gasteiger partial charge in [-0.05, 0) is 48.8 Å². The molecule has 0 aliphatic carbocycles. The van der Waals surface area contributed by atoms with E-state index in [1.165, 1.54) is 0 Å². The SMILES string of the molecule is Cc1ccc(C)c2[nH]c(=O)c(CN(CCO)C(=S)NCc3ccccc3)cc12. The van der Waals surface area contributed by atoms with Crippen LogP contribution in [0, 0.1) is 13.8 Å². The number of aromatic amines is 1. The van der Waals surface area contributed by atoms with Crippen molar-refractivity contribution in [1.82, 2.24) is 15.2 Å². The number of benzene rings is 2. The number of H-pyrrole nitrogens is 1.